The molecule has 0 radical (unpaired) electrons. The van der Waals surface area contributed by atoms with E-state index in [9.17, 15) is 10.2 Å². The van der Waals surface area contributed by atoms with E-state index in [1.54, 1.807) is 7.11 Å². The lowest BCUT2D eigenvalue weighted by atomic mass is 9.96. The highest BCUT2D eigenvalue weighted by molar-refractivity contribution is 5.42. The van der Waals surface area contributed by atoms with Gasteiger partial charge in [-0.05, 0) is 56.5 Å². The van der Waals surface area contributed by atoms with Crippen LogP contribution in [0.2, 0.25) is 0 Å². The number of nitrogens with one attached hydrogen (secondary N) is 1. The van der Waals surface area contributed by atoms with Crippen molar-refractivity contribution in [2.45, 2.75) is 39.3 Å². The van der Waals surface area contributed by atoms with Gasteiger partial charge < -0.3 is 20.3 Å². The predicted molar refractivity (Wildman–Crippen MR) is 76.6 cm³/mol. The van der Waals surface area contributed by atoms with E-state index >= 15 is 0 Å². The molecule has 3 N–H and O–H groups in total. The average molecular weight is 267 g/mol. The van der Waals surface area contributed by atoms with Crippen LogP contribution in [0.3, 0.4) is 0 Å². The molecule has 0 aliphatic heterocycles. The molecule has 0 bridgehead atoms. The van der Waals surface area contributed by atoms with Crippen LogP contribution in [-0.2, 0) is 0 Å². The number of hydrogen-bond donors (Lipinski definition) is 3. The average Bonchev–Trinajstić information content (AvgIpc) is 2.35. The summed E-state index contributed by atoms with van der Waals surface area (Å²) in [5.41, 5.74) is 2.54. The molecule has 0 amide bonds. The second-order valence-electron chi connectivity index (χ2n) is 5.61. The Labute approximate surface area is 115 Å². The van der Waals surface area contributed by atoms with Gasteiger partial charge in [0.25, 0.3) is 0 Å². The molecule has 1 unspecified atom stereocenters. The van der Waals surface area contributed by atoms with Crippen LogP contribution in [-0.4, -0.2) is 36.0 Å². The number of benzene rings is 1. The van der Waals surface area contributed by atoms with Gasteiger partial charge in [0.1, 0.15) is 5.75 Å². The zero-order valence-electron chi connectivity index (χ0n) is 12.4. The second kappa shape index (κ2) is 6.37. The minimum absolute atomic E-state index is 0.0281. The van der Waals surface area contributed by atoms with Crippen molar-refractivity contribution < 1.29 is 14.9 Å². The van der Waals surface area contributed by atoms with Crippen molar-refractivity contribution in [1.29, 1.82) is 0 Å². The molecule has 108 valence electrons. The summed E-state index contributed by atoms with van der Waals surface area (Å²) >= 11 is 0. The van der Waals surface area contributed by atoms with E-state index in [0.717, 1.165) is 22.4 Å². The van der Waals surface area contributed by atoms with Crippen molar-refractivity contribution in [3.05, 3.63) is 28.8 Å². The van der Waals surface area contributed by atoms with Crippen LogP contribution in [0.5, 0.6) is 5.75 Å². The van der Waals surface area contributed by atoms with Crippen LogP contribution in [0.4, 0.5) is 0 Å². The summed E-state index contributed by atoms with van der Waals surface area (Å²) in [5.74, 6) is 0.801. The van der Waals surface area contributed by atoms with Gasteiger partial charge in [-0.15, -0.1) is 0 Å². The molecule has 4 heteroatoms. The van der Waals surface area contributed by atoms with Gasteiger partial charge in [-0.2, -0.15) is 0 Å². The molecule has 0 saturated heterocycles. The quantitative estimate of drug-likeness (QED) is 0.734. The standard InChI is InChI=1S/C15H25NO3/c1-10-6-12(19-5)7-11(2)14(10)13(18)8-16-15(3,4)9-17/h6-7,13,16-18H,8-9H2,1-5H3. The second-order valence-corrected chi connectivity index (χ2v) is 5.61. The zero-order valence-corrected chi connectivity index (χ0v) is 12.4. The minimum Gasteiger partial charge on any atom is -0.497 e. The van der Waals surface area contributed by atoms with Crippen molar-refractivity contribution in [3.8, 4) is 5.75 Å². The van der Waals surface area contributed by atoms with Gasteiger partial charge >= 0.3 is 0 Å². The van der Waals surface area contributed by atoms with Gasteiger partial charge in [0.15, 0.2) is 0 Å². The maximum atomic E-state index is 10.3. The summed E-state index contributed by atoms with van der Waals surface area (Å²) in [6.07, 6.45) is -0.600. The van der Waals surface area contributed by atoms with E-state index in [0.29, 0.717) is 6.54 Å². The number of methoxy groups -OCH3 is 1. The van der Waals surface area contributed by atoms with E-state index in [1.165, 1.54) is 0 Å². The number of hydrogen-bond acceptors (Lipinski definition) is 4. The molecule has 1 aromatic rings. The number of ether oxygens (including phenoxy) is 1. The normalized spacial score (nSPS) is 13.4. The summed E-state index contributed by atoms with van der Waals surface area (Å²) < 4.78 is 5.21. The van der Waals surface area contributed by atoms with Crippen molar-refractivity contribution in [1.82, 2.24) is 5.32 Å². The highest BCUT2D eigenvalue weighted by atomic mass is 16.5. The third kappa shape index (κ3) is 4.20. The third-order valence-corrected chi connectivity index (χ3v) is 3.31. The van der Waals surface area contributed by atoms with E-state index in [4.69, 9.17) is 4.74 Å². The maximum Gasteiger partial charge on any atom is 0.119 e. The Bertz CT molecular complexity index is 406. The highest BCUT2D eigenvalue weighted by Crippen LogP contribution is 2.26. The van der Waals surface area contributed by atoms with Gasteiger partial charge in [0.05, 0.1) is 19.8 Å². The van der Waals surface area contributed by atoms with Crippen molar-refractivity contribution in [2.75, 3.05) is 20.3 Å². The Morgan fingerprint density at radius 1 is 1.26 bits per heavy atom. The predicted octanol–water partition coefficient (Wildman–Crippen LogP) is 1.71. The van der Waals surface area contributed by atoms with Crippen molar-refractivity contribution in [3.63, 3.8) is 0 Å². The largest absolute Gasteiger partial charge is 0.497 e. The molecule has 0 aliphatic rings. The molecule has 0 saturated carbocycles. The molecule has 0 spiro atoms. The third-order valence-electron chi connectivity index (χ3n) is 3.31. The zero-order chi connectivity index (χ0) is 14.6. The fraction of sp³-hybridized carbons (Fsp3) is 0.600. The Morgan fingerprint density at radius 2 is 1.79 bits per heavy atom. The summed E-state index contributed by atoms with van der Waals surface area (Å²) in [7, 11) is 1.63. The van der Waals surface area contributed by atoms with Crippen molar-refractivity contribution >= 4 is 0 Å². The molecular weight excluding hydrogens is 242 g/mol. The maximum absolute atomic E-state index is 10.3. The Hall–Kier alpha value is -1.10. The summed E-state index contributed by atoms with van der Waals surface area (Å²) in [4.78, 5) is 0. The van der Waals surface area contributed by atoms with Crippen LogP contribution in [0.25, 0.3) is 0 Å². The first-order valence-electron chi connectivity index (χ1n) is 6.50. The molecule has 1 rings (SSSR count). The first-order chi connectivity index (χ1) is 8.80. The number of aliphatic hydroxyl groups excluding tert-OH is 2. The summed E-state index contributed by atoms with van der Waals surface area (Å²) in [6, 6.07) is 3.84. The number of β-amino-alcohol motifs (C(OH)–C–C–N with tert-alkyl or cyclic N) is 1. The molecule has 0 heterocycles. The van der Waals surface area contributed by atoms with Gasteiger partial charge in [0, 0.05) is 12.1 Å². The molecular formula is C15H25NO3. The first-order valence-corrected chi connectivity index (χ1v) is 6.50. The highest BCUT2D eigenvalue weighted by Gasteiger charge is 2.20. The molecule has 0 aromatic heterocycles. The van der Waals surface area contributed by atoms with E-state index in [2.05, 4.69) is 5.32 Å². The van der Waals surface area contributed by atoms with E-state index in [-0.39, 0.29) is 6.61 Å². The van der Waals surface area contributed by atoms with E-state index in [1.807, 2.05) is 39.8 Å². The van der Waals surface area contributed by atoms with Crippen LogP contribution >= 0.6 is 0 Å². The van der Waals surface area contributed by atoms with Crippen LogP contribution < -0.4 is 10.1 Å². The van der Waals surface area contributed by atoms with Gasteiger partial charge in [-0.25, -0.2) is 0 Å². The van der Waals surface area contributed by atoms with Crippen LogP contribution in [0, 0.1) is 13.8 Å². The Morgan fingerprint density at radius 3 is 2.21 bits per heavy atom. The molecule has 1 aromatic carbocycles. The lowest BCUT2D eigenvalue weighted by Gasteiger charge is -2.26. The smallest absolute Gasteiger partial charge is 0.119 e. The SMILES string of the molecule is COc1cc(C)c(C(O)CNC(C)(C)CO)c(C)c1. The van der Waals surface area contributed by atoms with Crippen LogP contribution in [0.15, 0.2) is 12.1 Å². The lowest BCUT2D eigenvalue weighted by molar-refractivity contribution is 0.135. The number of aliphatic hydroxyl groups is 2. The number of rotatable bonds is 6. The lowest BCUT2D eigenvalue weighted by Crippen LogP contribution is -2.44. The minimum atomic E-state index is -0.600. The molecule has 0 fully saturated rings. The molecule has 0 aliphatic carbocycles. The fourth-order valence-electron chi connectivity index (χ4n) is 2.11. The van der Waals surface area contributed by atoms with E-state index < -0.39 is 11.6 Å². The van der Waals surface area contributed by atoms with Crippen molar-refractivity contribution in [2.24, 2.45) is 0 Å². The van der Waals surface area contributed by atoms with Gasteiger partial charge in [0.2, 0.25) is 0 Å². The Kier molecular flexibility index (Phi) is 5.35. The monoisotopic (exact) mass is 267 g/mol. The summed E-state index contributed by atoms with van der Waals surface area (Å²) in [6.45, 7) is 8.15. The number of aryl methyl sites for hydroxylation is 2. The topological polar surface area (TPSA) is 61.7 Å². The molecule has 19 heavy (non-hydrogen) atoms. The fourth-order valence-corrected chi connectivity index (χ4v) is 2.11. The summed E-state index contributed by atoms with van der Waals surface area (Å²) in [5, 5.41) is 22.7. The Balaban J connectivity index is 2.85. The molecule has 1 atom stereocenters. The van der Waals surface area contributed by atoms with Gasteiger partial charge in [-0.3, -0.25) is 0 Å². The van der Waals surface area contributed by atoms with Gasteiger partial charge in [-0.1, -0.05) is 0 Å². The molecule has 4 nitrogen and oxygen atoms in total. The first kappa shape index (κ1) is 16.0. The van der Waals surface area contributed by atoms with Crippen LogP contribution in [0.1, 0.15) is 36.6 Å².